The molecule has 1 aliphatic carbocycles. The van der Waals surface area contributed by atoms with Crippen molar-refractivity contribution in [3.05, 3.63) is 11.8 Å². The van der Waals surface area contributed by atoms with Gasteiger partial charge in [0.2, 0.25) is 5.91 Å². The monoisotopic (exact) mass is 279 g/mol. The predicted octanol–water partition coefficient (Wildman–Crippen LogP) is 2.97. The minimum Gasteiger partial charge on any atom is -0.360 e. The van der Waals surface area contributed by atoms with Crippen LogP contribution in [0.1, 0.15) is 51.2 Å². The minimum absolute atomic E-state index is 0.00700. The number of carbonyl (C=O) groups excluding carboxylic acids is 1. The summed E-state index contributed by atoms with van der Waals surface area (Å²) in [6.45, 7) is 5.82. The first-order chi connectivity index (χ1) is 9.69. The van der Waals surface area contributed by atoms with Gasteiger partial charge >= 0.3 is 0 Å². The fraction of sp³-hybridized carbons (Fsp3) is 0.733. The number of hydrogen-bond acceptors (Lipinski definition) is 4. The predicted molar refractivity (Wildman–Crippen MR) is 78.6 cm³/mol. The van der Waals surface area contributed by atoms with Crippen LogP contribution in [0.15, 0.2) is 10.6 Å². The van der Waals surface area contributed by atoms with Gasteiger partial charge in [-0.2, -0.15) is 0 Å². The third kappa shape index (κ3) is 4.34. The molecule has 1 aromatic rings. The molecule has 0 saturated heterocycles. The lowest BCUT2D eigenvalue weighted by Crippen LogP contribution is -2.38. The highest BCUT2D eigenvalue weighted by Gasteiger charge is 2.20. The van der Waals surface area contributed by atoms with E-state index in [-0.39, 0.29) is 5.91 Å². The van der Waals surface area contributed by atoms with Crippen LogP contribution in [0.25, 0.3) is 0 Å². The molecule has 20 heavy (non-hydrogen) atoms. The Morgan fingerprint density at radius 3 is 2.80 bits per heavy atom. The maximum absolute atomic E-state index is 11.9. The minimum atomic E-state index is 0.00700. The van der Waals surface area contributed by atoms with Gasteiger partial charge in [0.1, 0.15) is 5.76 Å². The molecule has 5 heteroatoms. The maximum atomic E-state index is 11.9. The Morgan fingerprint density at radius 1 is 1.45 bits per heavy atom. The molecule has 1 fully saturated rings. The van der Waals surface area contributed by atoms with Crippen LogP contribution < -0.4 is 5.32 Å². The second-order valence-electron chi connectivity index (χ2n) is 5.54. The van der Waals surface area contributed by atoms with Crippen LogP contribution in [0, 0.1) is 6.92 Å². The first-order valence-corrected chi connectivity index (χ1v) is 7.66. The van der Waals surface area contributed by atoms with Gasteiger partial charge in [-0.05, 0) is 26.3 Å². The van der Waals surface area contributed by atoms with Crippen LogP contribution in [-0.4, -0.2) is 35.1 Å². The molecule has 0 aliphatic heterocycles. The topological polar surface area (TPSA) is 58.4 Å². The van der Waals surface area contributed by atoms with Crippen molar-refractivity contribution in [2.75, 3.05) is 18.4 Å². The average Bonchev–Trinajstić information content (AvgIpc) is 2.86. The van der Waals surface area contributed by atoms with E-state index in [1.54, 1.807) is 6.07 Å². The molecular weight excluding hydrogens is 254 g/mol. The molecule has 0 atom stereocenters. The van der Waals surface area contributed by atoms with E-state index in [4.69, 9.17) is 4.52 Å². The zero-order valence-corrected chi connectivity index (χ0v) is 12.5. The molecule has 0 radical (unpaired) electrons. The first kappa shape index (κ1) is 15.0. The Bertz CT molecular complexity index is 425. The highest BCUT2D eigenvalue weighted by atomic mass is 16.5. The van der Waals surface area contributed by atoms with Gasteiger partial charge < -0.3 is 14.7 Å². The summed E-state index contributed by atoms with van der Waals surface area (Å²) in [4.78, 5) is 14.3. The van der Waals surface area contributed by atoms with Crippen LogP contribution in [0.3, 0.4) is 0 Å². The summed E-state index contributed by atoms with van der Waals surface area (Å²) < 4.78 is 4.93. The lowest BCUT2D eigenvalue weighted by atomic mass is 9.94. The largest absolute Gasteiger partial charge is 0.360 e. The Hall–Kier alpha value is -1.36. The van der Waals surface area contributed by atoms with E-state index in [0.29, 0.717) is 24.0 Å². The van der Waals surface area contributed by atoms with Gasteiger partial charge in [0.25, 0.3) is 0 Å². The smallest absolute Gasteiger partial charge is 0.226 e. The molecule has 1 aromatic heterocycles. The SMILES string of the molecule is CCN(CCC(=O)Nc1cc(C)on1)C1CCCCC1. The molecule has 2 rings (SSSR count). The van der Waals surface area contributed by atoms with Crippen molar-refractivity contribution >= 4 is 11.7 Å². The molecule has 0 aromatic carbocycles. The van der Waals surface area contributed by atoms with Crippen LogP contribution in [0.4, 0.5) is 5.82 Å². The van der Waals surface area contributed by atoms with E-state index in [2.05, 4.69) is 22.3 Å². The maximum Gasteiger partial charge on any atom is 0.226 e. The van der Waals surface area contributed by atoms with E-state index in [1.165, 1.54) is 32.1 Å². The van der Waals surface area contributed by atoms with Crippen molar-refractivity contribution < 1.29 is 9.32 Å². The Morgan fingerprint density at radius 2 is 2.20 bits per heavy atom. The number of carbonyl (C=O) groups is 1. The Kier molecular flexibility index (Phi) is 5.59. The first-order valence-electron chi connectivity index (χ1n) is 7.66. The van der Waals surface area contributed by atoms with Gasteiger partial charge in [0, 0.05) is 25.1 Å². The van der Waals surface area contributed by atoms with E-state index >= 15 is 0 Å². The van der Waals surface area contributed by atoms with E-state index in [1.807, 2.05) is 6.92 Å². The van der Waals surface area contributed by atoms with E-state index in [9.17, 15) is 4.79 Å². The van der Waals surface area contributed by atoms with Gasteiger partial charge in [0.15, 0.2) is 5.82 Å². The molecule has 1 heterocycles. The average molecular weight is 279 g/mol. The summed E-state index contributed by atoms with van der Waals surface area (Å²) in [5, 5.41) is 6.55. The number of anilines is 1. The van der Waals surface area contributed by atoms with Gasteiger partial charge in [-0.1, -0.05) is 31.3 Å². The zero-order valence-electron chi connectivity index (χ0n) is 12.5. The molecule has 0 bridgehead atoms. The molecule has 0 unspecified atom stereocenters. The van der Waals surface area contributed by atoms with Crippen molar-refractivity contribution in [3.8, 4) is 0 Å². The Labute approximate surface area is 120 Å². The normalized spacial score (nSPS) is 16.6. The summed E-state index contributed by atoms with van der Waals surface area (Å²) in [5.74, 6) is 1.22. The summed E-state index contributed by atoms with van der Waals surface area (Å²) in [7, 11) is 0. The van der Waals surface area contributed by atoms with Crippen molar-refractivity contribution in [3.63, 3.8) is 0 Å². The van der Waals surface area contributed by atoms with Crippen molar-refractivity contribution in [2.24, 2.45) is 0 Å². The molecule has 1 aliphatic rings. The standard InChI is InChI=1S/C15H25N3O2/c1-3-18(13-7-5-4-6-8-13)10-9-15(19)16-14-11-12(2)20-17-14/h11,13H,3-10H2,1-2H3,(H,16,17,19). The lowest BCUT2D eigenvalue weighted by molar-refractivity contribution is -0.116. The second-order valence-corrected chi connectivity index (χ2v) is 5.54. The number of aryl methyl sites for hydroxylation is 1. The van der Waals surface area contributed by atoms with Crippen LogP contribution in [-0.2, 0) is 4.79 Å². The number of amides is 1. The molecule has 1 amide bonds. The summed E-state index contributed by atoms with van der Waals surface area (Å²) >= 11 is 0. The highest BCUT2D eigenvalue weighted by molar-refractivity contribution is 5.89. The molecule has 0 spiro atoms. The van der Waals surface area contributed by atoms with Gasteiger partial charge in [-0.3, -0.25) is 4.79 Å². The summed E-state index contributed by atoms with van der Waals surface area (Å²) in [5.41, 5.74) is 0. The summed E-state index contributed by atoms with van der Waals surface area (Å²) in [6, 6.07) is 2.40. The molecule has 1 saturated carbocycles. The highest BCUT2D eigenvalue weighted by Crippen LogP contribution is 2.22. The van der Waals surface area contributed by atoms with Crippen molar-refractivity contribution in [2.45, 2.75) is 58.4 Å². The fourth-order valence-corrected chi connectivity index (χ4v) is 2.92. The number of nitrogens with zero attached hydrogens (tertiary/aromatic N) is 2. The lowest BCUT2D eigenvalue weighted by Gasteiger charge is -2.33. The fourth-order valence-electron chi connectivity index (χ4n) is 2.92. The van der Waals surface area contributed by atoms with Crippen LogP contribution in [0.5, 0.6) is 0 Å². The third-order valence-electron chi connectivity index (χ3n) is 4.02. The summed E-state index contributed by atoms with van der Waals surface area (Å²) in [6.07, 6.45) is 7.07. The van der Waals surface area contributed by atoms with E-state index in [0.717, 1.165) is 13.1 Å². The van der Waals surface area contributed by atoms with Gasteiger partial charge in [0.05, 0.1) is 0 Å². The van der Waals surface area contributed by atoms with Crippen LogP contribution in [0.2, 0.25) is 0 Å². The second kappa shape index (κ2) is 7.43. The zero-order chi connectivity index (χ0) is 14.4. The molecule has 5 nitrogen and oxygen atoms in total. The third-order valence-corrected chi connectivity index (χ3v) is 4.02. The van der Waals surface area contributed by atoms with Crippen LogP contribution >= 0.6 is 0 Å². The molecule has 1 N–H and O–H groups in total. The number of rotatable bonds is 6. The molecule has 112 valence electrons. The number of aromatic nitrogens is 1. The van der Waals surface area contributed by atoms with Crippen molar-refractivity contribution in [1.29, 1.82) is 0 Å². The number of nitrogens with one attached hydrogen (secondary N) is 1. The van der Waals surface area contributed by atoms with Gasteiger partial charge in [-0.25, -0.2) is 0 Å². The van der Waals surface area contributed by atoms with Gasteiger partial charge in [-0.15, -0.1) is 0 Å². The Balaban J connectivity index is 1.75. The van der Waals surface area contributed by atoms with Crippen molar-refractivity contribution in [1.82, 2.24) is 10.1 Å². The quantitative estimate of drug-likeness (QED) is 0.869. The molecular formula is C15H25N3O2. The number of hydrogen-bond donors (Lipinski definition) is 1. The van der Waals surface area contributed by atoms with E-state index < -0.39 is 0 Å².